The second kappa shape index (κ2) is 13.0. The number of nitrogens with zero attached hydrogens (tertiary/aromatic N) is 3. The summed E-state index contributed by atoms with van der Waals surface area (Å²) in [5.41, 5.74) is 8.91. The van der Waals surface area contributed by atoms with E-state index in [9.17, 15) is 9.59 Å². The number of benzene rings is 2. The Morgan fingerprint density at radius 2 is 1.67 bits per heavy atom. The van der Waals surface area contributed by atoms with E-state index in [4.69, 9.17) is 4.74 Å². The minimum atomic E-state index is -0.197. The standard InChI is InChI=1S/C37H47N5O3/c1-25-30-9-5-6-10-31(30)33(37(44)39-25)23-38-36(43)32-21-28(22-34-35(32)45-20-19-42(34)29-7-3-4-8-29)27-13-11-26(12-14-27)24-41-17-15-40(2)16-18-41/h11-14,21-22,29H,3-10,15-20,23-24H2,1-2H3,(H,38,43)(H,39,44). The van der Waals surface area contributed by atoms with Gasteiger partial charge in [-0.05, 0) is 92.4 Å². The summed E-state index contributed by atoms with van der Waals surface area (Å²) in [6, 6.07) is 13.5. The normalized spacial score (nSPS) is 19.2. The average molecular weight is 610 g/mol. The summed E-state index contributed by atoms with van der Waals surface area (Å²) in [7, 11) is 2.19. The van der Waals surface area contributed by atoms with Crippen LogP contribution in [-0.4, -0.2) is 73.1 Å². The number of hydrogen-bond acceptors (Lipinski definition) is 6. The molecular weight excluding hydrogens is 562 g/mol. The van der Waals surface area contributed by atoms with Gasteiger partial charge in [-0.15, -0.1) is 0 Å². The highest BCUT2D eigenvalue weighted by molar-refractivity contribution is 6.01. The molecule has 8 nitrogen and oxygen atoms in total. The Hall–Kier alpha value is -3.62. The number of pyridine rings is 1. The fraction of sp³-hybridized carbons (Fsp3) is 0.514. The number of carbonyl (C=O) groups is 1. The van der Waals surface area contributed by atoms with Gasteiger partial charge in [0.2, 0.25) is 0 Å². The van der Waals surface area contributed by atoms with Crippen LogP contribution in [0.4, 0.5) is 5.69 Å². The average Bonchev–Trinajstić information content (AvgIpc) is 3.60. The molecular formula is C37H47N5O3. The first-order chi connectivity index (χ1) is 21.9. The third-order valence-corrected chi connectivity index (χ3v) is 10.5. The molecule has 0 bridgehead atoms. The number of piperazine rings is 1. The maximum absolute atomic E-state index is 14.0. The van der Waals surface area contributed by atoms with Crippen LogP contribution in [0.5, 0.6) is 5.75 Å². The molecule has 1 saturated heterocycles. The highest BCUT2D eigenvalue weighted by Gasteiger charge is 2.31. The van der Waals surface area contributed by atoms with Crippen molar-refractivity contribution >= 4 is 11.6 Å². The summed E-state index contributed by atoms with van der Waals surface area (Å²) in [6.45, 7) is 8.95. The van der Waals surface area contributed by atoms with Gasteiger partial charge in [-0.25, -0.2) is 0 Å². The van der Waals surface area contributed by atoms with Crippen molar-refractivity contribution in [3.05, 3.63) is 80.3 Å². The predicted molar refractivity (Wildman–Crippen MR) is 179 cm³/mol. The lowest BCUT2D eigenvalue weighted by Gasteiger charge is -2.37. The number of H-pyrrole nitrogens is 1. The molecule has 0 spiro atoms. The summed E-state index contributed by atoms with van der Waals surface area (Å²) in [6.07, 6.45) is 8.92. The van der Waals surface area contributed by atoms with Gasteiger partial charge in [-0.3, -0.25) is 14.5 Å². The zero-order valence-corrected chi connectivity index (χ0v) is 26.9. The van der Waals surface area contributed by atoms with Crippen molar-refractivity contribution in [1.82, 2.24) is 20.1 Å². The summed E-state index contributed by atoms with van der Waals surface area (Å²) >= 11 is 0. The number of anilines is 1. The molecule has 0 radical (unpaired) electrons. The first kappa shape index (κ1) is 30.1. The molecule has 1 saturated carbocycles. The fourth-order valence-corrected chi connectivity index (χ4v) is 7.90. The maximum Gasteiger partial charge on any atom is 0.255 e. The highest BCUT2D eigenvalue weighted by Crippen LogP contribution is 2.42. The molecule has 0 atom stereocenters. The zero-order chi connectivity index (χ0) is 30.9. The van der Waals surface area contributed by atoms with E-state index in [1.54, 1.807) is 0 Å². The van der Waals surface area contributed by atoms with Gasteiger partial charge < -0.3 is 24.8 Å². The Bertz CT molecular complexity index is 1600. The predicted octanol–water partition coefficient (Wildman–Crippen LogP) is 5.05. The number of ether oxygens (including phenoxy) is 1. The molecule has 2 N–H and O–H groups in total. The van der Waals surface area contributed by atoms with Gasteiger partial charge in [0, 0.05) is 56.6 Å². The monoisotopic (exact) mass is 609 g/mol. The first-order valence-electron chi connectivity index (χ1n) is 17.0. The van der Waals surface area contributed by atoms with Gasteiger partial charge in [0.15, 0.2) is 5.75 Å². The Morgan fingerprint density at radius 3 is 2.42 bits per heavy atom. The molecule has 3 aromatic rings. The number of aromatic nitrogens is 1. The lowest BCUT2D eigenvalue weighted by molar-refractivity contribution is 0.0946. The number of rotatable bonds is 7. The quantitative estimate of drug-likeness (QED) is 0.391. The van der Waals surface area contributed by atoms with E-state index in [0.717, 1.165) is 93.0 Å². The Balaban J connectivity index is 1.19. The van der Waals surface area contributed by atoms with E-state index in [1.165, 1.54) is 36.8 Å². The Labute approximate surface area is 266 Å². The van der Waals surface area contributed by atoms with E-state index in [1.807, 2.05) is 13.0 Å². The number of amides is 1. The number of carbonyl (C=O) groups excluding carboxylic acids is 1. The topological polar surface area (TPSA) is 80.9 Å². The molecule has 1 amide bonds. The van der Waals surface area contributed by atoms with Crippen LogP contribution in [0, 0.1) is 6.92 Å². The number of likely N-dealkylation sites (N-methyl/N-ethyl adjacent to an activating group) is 1. The van der Waals surface area contributed by atoms with Crippen molar-refractivity contribution < 1.29 is 9.53 Å². The number of aryl methyl sites for hydroxylation is 1. The van der Waals surface area contributed by atoms with E-state index in [-0.39, 0.29) is 18.0 Å². The summed E-state index contributed by atoms with van der Waals surface area (Å²) < 4.78 is 6.27. The third-order valence-electron chi connectivity index (χ3n) is 10.5. The molecule has 8 heteroatoms. The minimum Gasteiger partial charge on any atom is -0.489 e. The largest absolute Gasteiger partial charge is 0.489 e. The molecule has 0 unspecified atom stereocenters. The number of hydrogen-bond donors (Lipinski definition) is 2. The van der Waals surface area contributed by atoms with Crippen LogP contribution in [0.3, 0.4) is 0 Å². The summed E-state index contributed by atoms with van der Waals surface area (Å²) in [5, 5.41) is 3.13. The number of aromatic amines is 1. The SMILES string of the molecule is Cc1[nH]c(=O)c(CNC(=O)c2cc(-c3ccc(CN4CCN(C)CC4)cc3)cc3c2OCCN3C2CCCC2)c2c1CCCC2. The van der Waals surface area contributed by atoms with Crippen LogP contribution in [0.1, 0.15) is 76.8 Å². The molecule has 2 fully saturated rings. The van der Waals surface area contributed by atoms with E-state index in [2.05, 4.69) is 62.4 Å². The molecule has 2 aromatic carbocycles. The Kier molecular flexibility index (Phi) is 8.69. The van der Waals surface area contributed by atoms with E-state index < -0.39 is 0 Å². The van der Waals surface area contributed by atoms with Crippen molar-refractivity contribution in [3.8, 4) is 16.9 Å². The molecule has 2 aliphatic carbocycles. The van der Waals surface area contributed by atoms with E-state index in [0.29, 0.717) is 29.5 Å². The number of nitrogens with one attached hydrogen (secondary N) is 2. The van der Waals surface area contributed by atoms with Crippen molar-refractivity contribution in [2.45, 2.75) is 77.4 Å². The summed E-state index contributed by atoms with van der Waals surface area (Å²) in [4.78, 5) is 37.5. The van der Waals surface area contributed by atoms with Gasteiger partial charge in [0.1, 0.15) is 6.61 Å². The molecule has 3 heterocycles. The second-order valence-electron chi connectivity index (χ2n) is 13.5. The van der Waals surface area contributed by atoms with E-state index >= 15 is 0 Å². The van der Waals surface area contributed by atoms with Gasteiger partial charge >= 0.3 is 0 Å². The highest BCUT2D eigenvalue weighted by atomic mass is 16.5. The smallest absolute Gasteiger partial charge is 0.255 e. The third kappa shape index (κ3) is 6.27. The van der Waals surface area contributed by atoms with Crippen molar-refractivity contribution in [2.24, 2.45) is 0 Å². The zero-order valence-electron chi connectivity index (χ0n) is 26.9. The van der Waals surface area contributed by atoms with Crippen molar-refractivity contribution in [3.63, 3.8) is 0 Å². The number of fused-ring (bicyclic) bond motifs is 2. The fourth-order valence-electron chi connectivity index (χ4n) is 7.90. The molecule has 2 aliphatic heterocycles. The van der Waals surface area contributed by atoms with Crippen LogP contribution in [-0.2, 0) is 25.9 Å². The van der Waals surface area contributed by atoms with Crippen molar-refractivity contribution in [2.75, 3.05) is 51.3 Å². The van der Waals surface area contributed by atoms with Gasteiger partial charge in [0.05, 0.1) is 17.8 Å². The molecule has 1 aromatic heterocycles. The van der Waals surface area contributed by atoms with Gasteiger partial charge in [-0.1, -0.05) is 37.1 Å². The van der Waals surface area contributed by atoms with Gasteiger partial charge in [0.25, 0.3) is 11.5 Å². The van der Waals surface area contributed by atoms with Crippen LogP contribution in [0.2, 0.25) is 0 Å². The van der Waals surface area contributed by atoms with Crippen LogP contribution >= 0.6 is 0 Å². The molecule has 7 rings (SSSR count). The minimum absolute atomic E-state index is 0.0930. The van der Waals surface area contributed by atoms with Crippen LogP contribution in [0.25, 0.3) is 11.1 Å². The van der Waals surface area contributed by atoms with Crippen LogP contribution in [0.15, 0.2) is 41.2 Å². The molecule has 238 valence electrons. The second-order valence-corrected chi connectivity index (χ2v) is 13.5. The lowest BCUT2D eigenvalue weighted by Crippen LogP contribution is -2.43. The first-order valence-corrected chi connectivity index (χ1v) is 17.0. The molecule has 45 heavy (non-hydrogen) atoms. The van der Waals surface area contributed by atoms with Crippen LogP contribution < -0.4 is 20.5 Å². The van der Waals surface area contributed by atoms with Gasteiger partial charge in [-0.2, -0.15) is 0 Å². The van der Waals surface area contributed by atoms with Crippen molar-refractivity contribution in [1.29, 1.82) is 0 Å². The lowest BCUT2D eigenvalue weighted by atomic mass is 9.88. The molecule has 4 aliphatic rings. The summed E-state index contributed by atoms with van der Waals surface area (Å²) in [5.74, 6) is 0.471. The maximum atomic E-state index is 14.0. The Morgan fingerprint density at radius 1 is 0.933 bits per heavy atom.